The van der Waals surface area contributed by atoms with E-state index in [4.69, 9.17) is 4.74 Å². The molecule has 1 aromatic carbocycles. The molecule has 1 atom stereocenters. The third-order valence-electron chi connectivity index (χ3n) is 4.52. The number of rotatable bonds is 4. The second kappa shape index (κ2) is 7.96. The number of hydrogen-bond donors (Lipinski definition) is 1. The van der Waals surface area contributed by atoms with Crippen molar-refractivity contribution < 1.29 is 13.2 Å². The van der Waals surface area contributed by atoms with Gasteiger partial charge in [0.15, 0.2) is 0 Å². The largest absolute Gasteiger partial charge is 0.495 e. The minimum absolute atomic E-state index is 0. The second-order valence-electron chi connectivity index (χ2n) is 6.35. The molecule has 9 heteroatoms. The van der Waals surface area contributed by atoms with E-state index in [1.54, 1.807) is 19.2 Å². The Morgan fingerprint density at radius 3 is 2.65 bits per heavy atom. The highest BCUT2D eigenvalue weighted by molar-refractivity contribution is 7.89. The van der Waals surface area contributed by atoms with Gasteiger partial charge in [0.2, 0.25) is 10.0 Å². The molecule has 2 aromatic rings. The van der Waals surface area contributed by atoms with E-state index in [2.05, 4.69) is 10.3 Å². The number of nitrogens with one attached hydrogen (secondary N) is 1. The molecule has 1 aliphatic heterocycles. The van der Waals surface area contributed by atoms with Gasteiger partial charge in [-0.05, 0) is 31.0 Å². The Labute approximate surface area is 160 Å². The molecule has 0 spiro atoms. The number of sulfonamides is 1. The van der Waals surface area contributed by atoms with Crippen molar-refractivity contribution >= 4 is 22.4 Å². The fourth-order valence-corrected chi connectivity index (χ4v) is 5.34. The van der Waals surface area contributed by atoms with Crippen LogP contribution in [0.2, 0.25) is 0 Å². The smallest absolute Gasteiger partial charge is 0.247 e. The lowest BCUT2D eigenvalue weighted by Crippen LogP contribution is -2.49. The lowest BCUT2D eigenvalue weighted by atomic mass is 10.1. The summed E-state index contributed by atoms with van der Waals surface area (Å²) in [6.45, 7) is 5.24. The van der Waals surface area contributed by atoms with Gasteiger partial charge in [-0.1, -0.05) is 6.07 Å². The monoisotopic (exact) mass is 400 g/mol. The molecule has 1 aromatic heterocycles. The minimum Gasteiger partial charge on any atom is -0.495 e. The minimum atomic E-state index is -3.73. The SMILES string of the molecule is COc1cc(C)cc(C)c1S(=O)(=O)N1CCNCC1c1nccn1C.Cl. The summed E-state index contributed by atoms with van der Waals surface area (Å²) >= 11 is 0. The number of aryl methyl sites for hydroxylation is 3. The highest BCUT2D eigenvalue weighted by atomic mass is 35.5. The van der Waals surface area contributed by atoms with E-state index >= 15 is 0 Å². The third kappa shape index (κ3) is 3.59. The van der Waals surface area contributed by atoms with Crippen LogP contribution in [-0.2, 0) is 17.1 Å². The topological polar surface area (TPSA) is 76.5 Å². The average molecular weight is 401 g/mol. The van der Waals surface area contributed by atoms with Crippen LogP contribution in [0.3, 0.4) is 0 Å². The molecule has 1 fully saturated rings. The Kier molecular flexibility index (Phi) is 6.33. The van der Waals surface area contributed by atoms with E-state index in [1.165, 1.54) is 11.4 Å². The fraction of sp³-hybridized carbons (Fsp3) is 0.471. The molecule has 2 heterocycles. The number of benzene rings is 1. The Hall–Kier alpha value is -1.61. The highest BCUT2D eigenvalue weighted by Gasteiger charge is 2.38. The van der Waals surface area contributed by atoms with Crippen molar-refractivity contribution in [2.75, 3.05) is 26.7 Å². The van der Waals surface area contributed by atoms with Crippen LogP contribution in [0.25, 0.3) is 0 Å². The molecular weight excluding hydrogens is 376 g/mol. The van der Waals surface area contributed by atoms with Crippen molar-refractivity contribution in [3.63, 3.8) is 0 Å². The van der Waals surface area contributed by atoms with Crippen molar-refractivity contribution in [2.24, 2.45) is 7.05 Å². The summed E-state index contributed by atoms with van der Waals surface area (Å²) in [5, 5.41) is 3.27. The van der Waals surface area contributed by atoms with Crippen molar-refractivity contribution in [2.45, 2.75) is 24.8 Å². The van der Waals surface area contributed by atoms with Crippen LogP contribution < -0.4 is 10.1 Å². The average Bonchev–Trinajstić information content (AvgIpc) is 2.99. The molecule has 0 saturated carbocycles. The van der Waals surface area contributed by atoms with Crippen LogP contribution in [0.5, 0.6) is 5.75 Å². The van der Waals surface area contributed by atoms with Crippen molar-refractivity contribution in [1.29, 1.82) is 0 Å². The molecule has 1 aliphatic rings. The zero-order chi connectivity index (χ0) is 18.2. The zero-order valence-corrected chi connectivity index (χ0v) is 17.0. The summed E-state index contributed by atoms with van der Waals surface area (Å²) in [6.07, 6.45) is 3.51. The Morgan fingerprint density at radius 1 is 1.31 bits per heavy atom. The number of nitrogens with zero attached hydrogens (tertiary/aromatic N) is 3. The van der Waals surface area contributed by atoms with Crippen molar-refractivity contribution in [1.82, 2.24) is 19.2 Å². The number of piperazine rings is 1. The molecule has 0 bridgehead atoms. The Morgan fingerprint density at radius 2 is 2.04 bits per heavy atom. The Balaban J connectivity index is 0.00000243. The predicted octanol–water partition coefficient (Wildman–Crippen LogP) is 1.80. The summed E-state index contributed by atoms with van der Waals surface area (Å²) < 4.78 is 35.8. The van der Waals surface area contributed by atoms with E-state index in [1.807, 2.05) is 30.8 Å². The van der Waals surface area contributed by atoms with Crippen LogP contribution in [0.15, 0.2) is 29.4 Å². The molecule has 26 heavy (non-hydrogen) atoms. The molecule has 0 radical (unpaired) electrons. The van der Waals surface area contributed by atoms with Gasteiger partial charge >= 0.3 is 0 Å². The van der Waals surface area contributed by atoms with Crippen LogP contribution in [0.4, 0.5) is 0 Å². The number of hydrogen-bond acceptors (Lipinski definition) is 5. The van der Waals surface area contributed by atoms with Crippen LogP contribution in [-0.4, -0.2) is 49.0 Å². The molecule has 1 unspecified atom stereocenters. The molecular formula is C17H25ClN4O3S. The van der Waals surface area contributed by atoms with Gasteiger partial charge in [-0.15, -0.1) is 12.4 Å². The first-order valence-corrected chi connectivity index (χ1v) is 9.65. The first kappa shape index (κ1) is 20.7. The van der Waals surface area contributed by atoms with Gasteiger partial charge in [-0.3, -0.25) is 0 Å². The van der Waals surface area contributed by atoms with Gasteiger partial charge in [-0.25, -0.2) is 13.4 Å². The lowest BCUT2D eigenvalue weighted by molar-refractivity contribution is 0.257. The van der Waals surface area contributed by atoms with Gasteiger partial charge in [0.1, 0.15) is 16.5 Å². The maximum atomic E-state index is 13.5. The quantitative estimate of drug-likeness (QED) is 0.846. The third-order valence-corrected chi connectivity index (χ3v) is 6.62. The molecule has 1 saturated heterocycles. The molecule has 1 N–H and O–H groups in total. The normalized spacial score (nSPS) is 18.4. The highest BCUT2D eigenvalue weighted by Crippen LogP contribution is 2.35. The van der Waals surface area contributed by atoms with Gasteiger partial charge in [0, 0.05) is 39.1 Å². The molecule has 0 aliphatic carbocycles. The second-order valence-corrected chi connectivity index (χ2v) is 8.17. The van der Waals surface area contributed by atoms with Crippen LogP contribution in [0.1, 0.15) is 23.0 Å². The van der Waals surface area contributed by atoms with Crippen molar-refractivity contribution in [3.05, 3.63) is 41.5 Å². The van der Waals surface area contributed by atoms with E-state index in [0.717, 1.165) is 11.4 Å². The van der Waals surface area contributed by atoms with Gasteiger partial charge in [0.25, 0.3) is 0 Å². The van der Waals surface area contributed by atoms with Crippen LogP contribution in [0, 0.1) is 13.8 Å². The molecule has 144 valence electrons. The zero-order valence-electron chi connectivity index (χ0n) is 15.4. The van der Waals surface area contributed by atoms with Gasteiger partial charge in [-0.2, -0.15) is 4.31 Å². The molecule has 0 amide bonds. The summed E-state index contributed by atoms with van der Waals surface area (Å²) in [7, 11) is -0.354. The molecule has 3 rings (SSSR count). The lowest BCUT2D eigenvalue weighted by Gasteiger charge is -2.35. The fourth-order valence-electron chi connectivity index (χ4n) is 3.41. The maximum absolute atomic E-state index is 13.5. The number of ether oxygens (including phenoxy) is 1. The van der Waals surface area contributed by atoms with E-state index in [-0.39, 0.29) is 23.3 Å². The number of methoxy groups -OCH3 is 1. The summed E-state index contributed by atoms with van der Waals surface area (Å²) in [6, 6.07) is 3.27. The Bertz CT molecular complexity index is 882. The maximum Gasteiger partial charge on any atom is 0.247 e. The molecule has 7 nitrogen and oxygen atoms in total. The van der Waals surface area contributed by atoms with E-state index < -0.39 is 10.0 Å². The number of imidazole rings is 1. The standard InChI is InChI=1S/C17H24N4O3S.ClH/c1-12-9-13(2)16(15(10-12)24-4)25(22,23)21-8-5-18-11-14(21)17-19-6-7-20(17)3;/h6-7,9-10,14,18H,5,8,11H2,1-4H3;1H. The summed E-state index contributed by atoms with van der Waals surface area (Å²) in [4.78, 5) is 4.60. The summed E-state index contributed by atoms with van der Waals surface area (Å²) in [5.41, 5.74) is 1.66. The van der Waals surface area contributed by atoms with Gasteiger partial charge in [0.05, 0.1) is 13.2 Å². The number of aromatic nitrogens is 2. The first-order chi connectivity index (χ1) is 11.9. The first-order valence-electron chi connectivity index (χ1n) is 8.21. The van der Waals surface area contributed by atoms with Crippen LogP contribution >= 0.6 is 12.4 Å². The van der Waals surface area contributed by atoms with Gasteiger partial charge < -0.3 is 14.6 Å². The van der Waals surface area contributed by atoms with E-state index in [0.29, 0.717) is 30.9 Å². The number of halogens is 1. The van der Waals surface area contributed by atoms with E-state index in [9.17, 15) is 8.42 Å². The predicted molar refractivity (Wildman–Crippen MR) is 102 cm³/mol. The summed E-state index contributed by atoms with van der Waals surface area (Å²) in [5.74, 6) is 1.11. The van der Waals surface area contributed by atoms with Crippen molar-refractivity contribution in [3.8, 4) is 5.75 Å².